The molecule has 3 rings (SSSR count). The third-order valence-electron chi connectivity index (χ3n) is 3.69. The van der Waals surface area contributed by atoms with E-state index >= 15 is 0 Å². The van der Waals surface area contributed by atoms with Crippen molar-refractivity contribution in [3.05, 3.63) is 59.3 Å². The minimum absolute atomic E-state index is 0.0206. The molecule has 0 aliphatic carbocycles. The number of carbonyl (C=O) groups is 1. The van der Waals surface area contributed by atoms with Gasteiger partial charge in [0.05, 0.1) is 11.8 Å². The first-order chi connectivity index (χ1) is 10.2. The number of amides is 1. The van der Waals surface area contributed by atoms with Crippen LogP contribution in [0.4, 0.5) is 4.39 Å². The second-order valence-electron chi connectivity index (χ2n) is 5.05. The van der Waals surface area contributed by atoms with Gasteiger partial charge in [0.1, 0.15) is 11.6 Å². The molecule has 2 heterocycles. The van der Waals surface area contributed by atoms with Crippen LogP contribution in [0, 0.1) is 5.82 Å². The highest BCUT2D eigenvalue weighted by atomic mass is 32.2. The maximum absolute atomic E-state index is 13.0. The Morgan fingerprint density at radius 3 is 2.71 bits per heavy atom. The summed E-state index contributed by atoms with van der Waals surface area (Å²) in [6.45, 7) is 0.708. The molecule has 1 aromatic carbocycles. The molecule has 5 heteroatoms. The van der Waals surface area contributed by atoms with Crippen LogP contribution in [0.2, 0.25) is 0 Å². The van der Waals surface area contributed by atoms with E-state index < -0.39 is 0 Å². The van der Waals surface area contributed by atoms with Gasteiger partial charge in [-0.05, 0) is 42.5 Å². The van der Waals surface area contributed by atoms with E-state index in [4.69, 9.17) is 4.42 Å². The van der Waals surface area contributed by atoms with Crippen LogP contribution in [0.1, 0.15) is 34.3 Å². The molecule has 0 N–H and O–H groups in total. The topological polar surface area (TPSA) is 33.5 Å². The van der Waals surface area contributed by atoms with Crippen molar-refractivity contribution in [3.63, 3.8) is 0 Å². The Morgan fingerprint density at radius 1 is 1.33 bits per heavy atom. The van der Waals surface area contributed by atoms with Crippen LogP contribution in [-0.4, -0.2) is 23.6 Å². The largest absolute Gasteiger partial charge is 0.455 e. The predicted octanol–water partition coefficient (Wildman–Crippen LogP) is 3.87. The monoisotopic (exact) mass is 305 g/mol. The van der Waals surface area contributed by atoms with Crippen molar-refractivity contribution in [2.75, 3.05) is 12.8 Å². The Morgan fingerprint density at radius 2 is 2.10 bits per heavy atom. The Bertz CT molecular complexity index is 638. The molecule has 1 saturated heterocycles. The molecule has 3 nitrogen and oxygen atoms in total. The number of carbonyl (C=O) groups excluding carboxylic acids is 1. The number of hydrogen-bond acceptors (Lipinski definition) is 3. The smallest absolute Gasteiger partial charge is 0.290 e. The van der Waals surface area contributed by atoms with Gasteiger partial charge in [0, 0.05) is 6.54 Å². The van der Waals surface area contributed by atoms with Gasteiger partial charge in [0.25, 0.3) is 5.91 Å². The number of likely N-dealkylation sites (tertiary alicyclic amines) is 1. The van der Waals surface area contributed by atoms with E-state index in [0.29, 0.717) is 12.3 Å². The Balaban J connectivity index is 1.73. The lowest BCUT2D eigenvalue weighted by Crippen LogP contribution is -2.45. The second-order valence-corrected chi connectivity index (χ2v) is 5.92. The van der Waals surface area contributed by atoms with E-state index in [2.05, 4.69) is 0 Å². The minimum atomic E-state index is -0.260. The zero-order valence-electron chi connectivity index (χ0n) is 11.7. The van der Waals surface area contributed by atoms with Crippen LogP contribution in [0.25, 0.3) is 0 Å². The summed E-state index contributed by atoms with van der Waals surface area (Å²) in [6.07, 6.45) is 2.89. The standard InChI is InChI=1S/C16H16FNO2S/c1-21-10-13-6-7-15(20-13)16(19)18-9-8-14(18)11-2-4-12(17)5-3-11/h2-7,14H,8-10H2,1H3. The molecule has 0 saturated carbocycles. The zero-order chi connectivity index (χ0) is 14.8. The van der Waals surface area contributed by atoms with Crippen LogP contribution in [0.5, 0.6) is 0 Å². The normalized spacial score (nSPS) is 17.6. The third kappa shape index (κ3) is 2.83. The lowest BCUT2D eigenvalue weighted by Gasteiger charge is -2.40. The predicted molar refractivity (Wildman–Crippen MR) is 80.7 cm³/mol. The molecule has 0 radical (unpaired) electrons. The van der Waals surface area contributed by atoms with Crippen molar-refractivity contribution in [2.45, 2.75) is 18.2 Å². The molecule has 110 valence electrons. The first-order valence-corrected chi connectivity index (χ1v) is 8.22. The lowest BCUT2D eigenvalue weighted by molar-refractivity contribution is 0.0426. The molecule has 1 aromatic heterocycles. The van der Waals surface area contributed by atoms with E-state index in [-0.39, 0.29) is 17.8 Å². The van der Waals surface area contributed by atoms with Crippen LogP contribution in [0.3, 0.4) is 0 Å². The fraction of sp³-hybridized carbons (Fsp3) is 0.312. The zero-order valence-corrected chi connectivity index (χ0v) is 12.5. The van der Waals surface area contributed by atoms with Crippen LogP contribution in [0.15, 0.2) is 40.8 Å². The number of hydrogen-bond donors (Lipinski definition) is 0. The van der Waals surface area contributed by atoms with Crippen molar-refractivity contribution in [1.29, 1.82) is 0 Å². The molecule has 1 aliphatic rings. The first-order valence-electron chi connectivity index (χ1n) is 6.83. The van der Waals surface area contributed by atoms with Gasteiger partial charge in [-0.15, -0.1) is 0 Å². The highest BCUT2D eigenvalue weighted by molar-refractivity contribution is 7.97. The van der Waals surface area contributed by atoms with E-state index in [0.717, 1.165) is 23.5 Å². The van der Waals surface area contributed by atoms with Gasteiger partial charge in [-0.1, -0.05) is 12.1 Å². The molecule has 1 unspecified atom stereocenters. The van der Waals surface area contributed by atoms with Crippen molar-refractivity contribution < 1.29 is 13.6 Å². The Labute approximate surface area is 127 Å². The second kappa shape index (κ2) is 5.93. The molecule has 2 aromatic rings. The van der Waals surface area contributed by atoms with Gasteiger partial charge in [-0.25, -0.2) is 4.39 Å². The summed E-state index contributed by atoms with van der Waals surface area (Å²) in [5.74, 6) is 1.59. The summed E-state index contributed by atoms with van der Waals surface area (Å²) in [6, 6.07) is 9.93. The third-order valence-corrected chi connectivity index (χ3v) is 4.27. The number of rotatable bonds is 4. The fourth-order valence-electron chi connectivity index (χ4n) is 2.52. The molecule has 0 spiro atoms. The molecule has 1 amide bonds. The van der Waals surface area contributed by atoms with Crippen molar-refractivity contribution in [3.8, 4) is 0 Å². The molecule has 1 atom stereocenters. The van der Waals surface area contributed by atoms with Crippen LogP contribution in [-0.2, 0) is 5.75 Å². The molecule has 0 bridgehead atoms. The molecular formula is C16H16FNO2S. The number of halogens is 1. The quantitative estimate of drug-likeness (QED) is 0.860. The molecule has 1 fully saturated rings. The lowest BCUT2D eigenvalue weighted by atomic mass is 9.94. The number of furan rings is 1. The number of thioether (sulfide) groups is 1. The van der Waals surface area contributed by atoms with Gasteiger partial charge in [-0.3, -0.25) is 4.79 Å². The fourth-order valence-corrected chi connectivity index (χ4v) is 2.96. The van der Waals surface area contributed by atoms with Gasteiger partial charge in [0.2, 0.25) is 0 Å². The van der Waals surface area contributed by atoms with Crippen LogP contribution >= 0.6 is 11.8 Å². The number of benzene rings is 1. The van der Waals surface area contributed by atoms with E-state index in [9.17, 15) is 9.18 Å². The Kier molecular flexibility index (Phi) is 4.01. The summed E-state index contributed by atoms with van der Waals surface area (Å²) < 4.78 is 18.5. The number of nitrogens with zero attached hydrogens (tertiary/aromatic N) is 1. The van der Waals surface area contributed by atoms with E-state index in [1.807, 2.05) is 12.3 Å². The summed E-state index contributed by atoms with van der Waals surface area (Å²) in [4.78, 5) is 14.2. The van der Waals surface area contributed by atoms with Crippen molar-refractivity contribution >= 4 is 17.7 Å². The highest BCUT2D eigenvalue weighted by Gasteiger charge is 2.35. The maximum atomic E-state index is 13.0. The van der Waals surface area contributed by atoms with Gasteiger partial charge in [-0.2, -0.15) is 11.8 Å². The Hall–Kier alpha value is -1.75. The van der Waals surface area contributed by atoms with Gasteiger partial charge >= 0.3 is 0 Å². The average molecular weight is 305 g/mol. The maximum Gasteiger partial charge on any atom is 0.290 e. The van der Waals surface area contributed by atoms with E-state index in [1.54, 1.807) is 34.9 Å². The summed E-state index contributed by atoms with van der Waals surface area (Å²) in [5.41, 5.74) is 0.965. The highest BCUT2D eigenvalue weighted by Crippen LogP contribution is 2.34. The van der Waals surface area contributed by atoms with Gasteiger partial charge < -0.3 is 9.32 Å². The van der Waals surface area contributed by atoms with Crippen molar-refractivity contribution in [2.24, 2.45) is 0 Å². The molecule has 1 aliphatic heterocycles. The van der Waals surface area contributed by atoms with Crippen molar-refractivity contribution in [1.82, 2.24) is 4.90 Å². The minimum Gasteiger partial charge on any atom is -0.455 e. The summed E-state index contributed by atoms with van der Waals surface area (Å²) >= 11 is 1.65. The van der Waals surface area contributed by atoms with Gasteiger partial charge in [0.15, 0.2) is 5.76 Å². The first kappa shape index (κ1) is 14.2. The molecular weight excluding hydrogens is 289 g/mol. The SMILES string of the molecule is CSCc1ccc(C(=O)N2CCC2c2ccc(F)cc2)o1. The summed E-state index contributed by atoms with van der Waals surface area (Å²) in [5, 5.41) is 0. The summed E-state index contributed by atoms with van der Waals surface area (Å²) in [7, 11) is 0. The van der Waals surface area contributed by atoms with Crippen LogP contribution < -0.4 is 0 Å². The molecule has 21 heavy (non-hydrogen) atoms. The average Bonchev–Trinajstić information content (AvgIpc) is 2.89. The van der Waals surface area contributed by atoms with E-state index in [1.165, 1.54) is 12.1 Å².